The van der Waals surface area contributed by atoms with Crippen molar-refractivity contribution in [1.82, 2.24) is 9.97 Å². The second-order valence-electron chi connectivity index (χ2n) is 3.93. The summed E-state index contributed by atoms with van der Waals surface area (Å²) in [7, 11) is 0. The fourth-order valence-electron chi connectivity index (χ4n) is 2.08. The van der Waals surface area contributed by atoms with Crippen LogP contribution in [0.3, 0.4) is 0 Å². The van der Waals surface area contributed by atoms with E-state index in [1.54, 1.807) is 0 Å². The van der Waals surface area contributed by atoms with Gasteiger partial charge in [0.15, 0.2) is 4.77 Å². The quantitative estimate of drug-likeness (QED) is 0.775. The van der Waals surface area contributed by atoms with Gasteiger partial charge in [-0.2, -0.15) is 0 Å². The summed E-state index contributed by atoms with van der Waals surface area (Å²) in [6.45, 7) is 0.905. The van der Waals surface area contributed by atoms with Crippen molar-refractivity contribution < 1.29 is 0 Å². The lowest BCUT2D eigenvalue weighted by Gasteiger charge is -2.07. The minimum absolute atomic E-state index is 0.494. The van der Waals surface area contributed by atoms with E-state index in [9.17, 15) is 0 Å². The summed E-state index contributed by atoms with van der Waals surface area (Å²) >= 11 is 11.1. The topological polar surface area (TPSA) is 40.7 Å². The van der Waals surface area contributed by atoms with Gasteiger partial charge < -0.3 is 10.3 Å². The maximum Gasteiger partial charge on any atom is 0.199 e. The number of aromatic nitrogens is 2. The summed E-state index contributed by atoms with van der Waals surface area (Å²) in [6.07, 6.45) is 0.955. The highest BCUT2D eigenvalue weighted by atomic mass is 35.5. The van der Waals surface area contributed by atoms with Crippen LogP contribution in [0.2, 0.25) is 5.02 Å². The van der Waals surface area contributed by atoms with Crippen molar-refractivity contribution in [3.8, 4) is 11.3 Å². The highest BCUT2D eigenvalue weighted by Crippen LogP contribution is 2.30. The lowest BCUT2D eigenvalue weighted by Crippen LogP contribution is -1.95. The van der Waals surface area contributed by atoms with Gasteiger partial charge in [-0.25, -0.2) is 4.98 Å². The molecule has 0 unspecified atom stereocenters. The van der Waals surface area contributed by atoms with Gasteiger partial charge in [0.1, 0.15) is 5.82 Å². The van der Waals surface area contributed by atoms with Crippen LogP contribution >= 0.6 is 23.8 Å². The molecule has 2 N–H and O–H groups in total. The average molecular weight is 264 g/mol. The van der Waals surface area contributed by atoms with Gasteiger partial charge >= 0.3 is 0 Å². The molecule has 1 aliphatic rings. The third-order valence-electron chi connectivity index (χ3n) is 2.81. The SMILES string of the molecule is S=c1nc2c(c(-c3cccc(Cl)c3)[nH]1)CCN2. The van der Waals surface area contributed by atoms with E-state index in [4.69, 9.17) is 23.8 Å². The van der Waals surface area contributed by atoms with Crippen molar-refractivity contribution in [2.24, 2.45) is 0 Å². The van der Waals surface area contributed by atoms with Gasteiger partial charge in [0.2, 0.25) is 0 Å². The van der Waals surface area contributed by atoms with Crippen LogP contribution in [-0.2, 0) is 6.42 Å². The first kappa shape index (κ1) is 10.7. The molecule has 1 aromatic heterocycles. The first-order chi connectivity index (χ1) is 8.24. The Balaban J connectivity index is 2.24. The van der Waals surface area contributed by atoms with Crippen LogP contribution in [0.4, 0.5) is 5.82 Å². The van der Waals surface area contributed by atoms with E-state index >= 15 is 0 Å². The number of nitrogens with zero attached hydrogens (tertiary/aromatic N) is 1. The van der Waals surface area contributed by atoms with Crippen molar-refractivity contribution in [2.45, 2.75) is 6.42 Å². The zero-order chi connectivity index (χ0) is 11.8. The number of aromatic amines is 1. The molecule has 0 atom stereocenters. The Labute approximate surface area is 109 Å². The molecule has 1 aromatic carbocycles. The van der Waals surface area contributed by atoms with Gasteiger partial charge in [-0.1, -0.05) is 23.7 Å². The third kappa shape index (κ3) is 1.94. The number of nitrogens with one attached hydrogen (secondary N) is 2. The van der Waals surface area contributed by atoms with Crippen LogP contribution in [-0.4, -0.2) is 16.5 Å². The van der Waals surface area contributed by atoms with Gasteiger partial charge in [-0.05, 0) is 36.3 Å². The molecule has 0 fully saturated rings. The second kappa shape index (κ2) is 4.13. The van der Waals surface area contributed by atoms with Crippen molar-refractivity contribution >= 4 is 29.6 Å². The predicted molar refractivity (Wildman–Crippen MR) is 72.1 cm³/mol. The molecule has 3 rings (SSSR count). The lowest BCUT2D eigenvalue weighted by atomic mass is 10.1. The maximum absolute atomic E-state index is 6.01. The molecule has 0 aliphatic carbocycles. The first-order valence-electron chi connectivity index (χ1n) is 5.37. The van der Waals surface area contributed by atoms with Crippen LogP contribution in [0.5, 0.6) is 0 Å². The monoisotopic (exact) mass is 263 g/mol. The Morgan fingerprint density at radius 2 is 2.24 bits per heavy atom. The number of hydrogen-bond donors (Lipinski definition) is 2. The van der Waals surface area contributed by atoms with Crippen molar-refractivity contribution in [1.29, 1.82) is 0 Å². The van der Waals surface area contributed by atoms with Gasteiger partial charge in [0, 0.05) is 17.1 Å². The summed E-state index contributed by atoms with van der Waals surface area (Å²) < 4.78 is 0.494. The fraction of sp³-hybridized carbons (Fsp3) is 0.167. The molecule has 3 nitrogen and oxygen atoms in total. The molecule has 0 amide bonds. The lowest BCUT2D eigenvalue weighted by molar-refractivity contribution is 1.08. The molecule has 0 radical (unpaired) electrons. The van der Waals surface area contributed by atoms with E-state index in [1.807, 2.05) is 24.3 Å². The molecule has 0 saturated carbocycles. The zero-order valence-corrected chi connectivity index (χ0v) is 10.5. The molecule has 0 saturated heterocycles. The van der Waals surface area contributed by atoms with Crippen molar-refractivity contribution in [3.63, 3.8) is 0 Å². The summed E-state index contributed by atoms with van der Waals surface area (Å²) in [5, 5.41) is 3.96. The smallest absolute Gasteiger partial charge is 0.199 e. The highest BCUT2D eigenvalue weighted by Gasteiger charge is 2.17. The van der Waals surface area contributed by atoms with Gasteiger partial charge in [0.25, 0.3) is 0 Å². The van der Waals surface area contributed by atoms with Gasteiger partial charge in [-0.3, -0.25) is 0 Å². The first-order valence-corrected chi connectivity index (χ1v) is 6.16. The fourth-order valence-corrected chi connectivity index (χ4v) is 2.47. The minimum Gasteiger partial charge on any atom is -0.369 e. The summed E-state index contributed by atoms with van der Waals surface area (Å²) in [6, 6.07) is 7.74. The molecule has 0 bridgehead atoms. The van der Waals surface area contributed by atoms with Gasteiger partial charge in [-0.15, -0.1) is 0 Å². The average Bonchev–Trinajstić information content (AvgIpc) is 2.75. The van der Waals surface area contributed by atoms with Crippen LogP contribution in [0.1, 0.15) is 5.56 Å². The Kier molecular flexibility index (Phi) is 2.61. The summed E-state index contributed by atoms with van der Waals surface area (Å²) in [5.41, 5.74) is 3.25. The molecule has 2 heterocycles. The normalized spacial score (nSPS) is 13.2. The number of fused-ring (bicyclic) bond motifs is 1. The predicted octanol–water partition coefficient (Wildman–Crippen LogP) is 3.43. The van der Waals surface area contributed by atoms with Crippen LogP contribution in [0, 0.1) is 4.77 Å². The molecule has 86 valence electrons. The van der Waals surface area contributed by atoms with Crippen molar-refractivity contribution in [2.75, 3.05) is 11.9 Å². The Morgan fingerprint density at radius 1 is 1.35 bits per heavy atom. The molecule has 1 aliphatic heterocycles. The number of H-pyrrole nitrogens is 1. The third-order valence-corrected chi connectivity index (χ3v) is 3.24. The van der Waals surface area contributed by atoms with Crippen LogP contribution < -0.4 is 5.32 Å². The Hall–Kier alpha value is -1.39. The molecule has 2 aromatic rings. The maximum atomic E-state index is 6.01. The van der Waals surface area contributed by atoms with Crippen LogP contribution in [0.25, 0.3) is 11.3 Å². The minimum atomic E-state index is 0.494. The highest BCUT2D eigenvalue weighted by molar-refractivity contribution is 7.71. The number of rotatable bonds is 1. The zero-order valence-electron chi connectivity index (χ0n) is 8.96. The number of halogens is 1. The molecule has 0 spiro atoms. The van der Waals surface area contributed by atoms with E-state index in [1.165, 1.54) is 5.56 Å². The molecule has 5 heteroatoms. The summed E-state index contributed by atoms with van der Waals surface area (Å²) in [4.78, 5) is 7.43. The molecule has 17 heavy (non-hydrogen) atoms. The molecular weight excluding hydrogens is 254 g/mol. The van der Waals surface area contributed by atoms with Crippen molar-refractivity contribution in [3.05, 3.63) is 39.6 Å². The van der Waals surface area contributed by atoms with E-state index in [2.05, 4.69) is 15.3 Å². The largest absolute Gasteiger partial charge is 0.369 e. The number of benzene rings is 1. The Morgan fingerprint density at radius 3 is 3.06 bits per heavy atom. The summed E-state index contributed by atoms with van der Waals surface area (Å²) in [5.74, 6) is 0.892. The number of hydrogen-bond acceptors (Lipinski definition) is 3. The van der Waals surface area contributed by atoms with E-state index in [0.717, 1.165) is 35.1 Å². The second-order valence-corrected chi connectivity index (χ2v) is 4.75. The van der Waals surface area contributed by atoms with E-state index in [-0.39, 0.29) is 0 Å². The van der Waals surface area contributed by atoms with E-state index < -0.39 is 0 Å². The number of anilines is 1. The Bertz CT molecular complexity index is 636. The van der Waals surface area contributed by atoms with Gasteiger partial charge in [0.05, 0.1) is 5.69 Å². The standard InChI is InChI=1S/C12H10ClN3S/c13-8-3-1-2-7(6-8)10-9-4-5-14-11(9)16-12(17)15-10/h1-3,6H,4-5H2,(H2,14,15,16,17). The van der Waals surface area contributed by atoms with Crippen LogP contribution in [0.15, 0.2) is 24.3 Å². The van der Waals surface area contributed by atoms with E-state index in [0.29, 0.717) is 4.77 Å². The molecular formula is C12H10ClN3S.